The summed E-state index contributed by atoms with van der Waals surface area (Å²) in [4.78, 5) is 17.4. The second-order valence-corrected chi connectivity index (χ2v) is 9.59. The van der Waals surface area contributed by atoms with Crippen LogP contribution in [0.4, 0.5) is 10.3 Å². The third-order valence-electron chi connectivity index (χ3n) is 5.20. The Morgan fingerprint density at radius 1 is 0.903 bits per heavy atom. The summed E-state index contributed by atoms with van der Waals surface area (Å²) in [5.74, 6) is 0.761. The zero-order chi connectivity index (χ0) is 22.5. The van der Waals surface area contributed by atoms with Gasteiger partial charge in [-0.05, 0) is 52.1 Å². The van der Waals surface area contributed by atoms with Crippen LogP contribution < -0.4 is 10.6 Å². The molecule has 0 saturated carbocycles. The van der Waals surface area contributed by atoms with Crippen molar-refractivity contribution in [3.05, 3.63) is 64.5 Å². The first kappa shape index (κ1) is 22.9. The first-order valence-corrected chi connectivity index (χ1v) is 11.5. The molecule has 0 unspecified atom stereocenters. The highest BCUT2D eigenvalue weighted by Gasteiger charge is 2.23. The minimum Gasteiger partial charge on any atom is -0.356 e. The van der Waals surface area contributed by atoms with Crippen molar-refractivity contribution in [3.63, 3.8) is 0 Å². The number of hydrogen-bond donors (Lipinski definition) is 2. The van der Waals surface area contributed by atoms with Gasteiger partial charge in [0.1, 0.15) is 0 Å². The van der Waals surface area contributed by atoms with Gasteiger partial charge in [-0.15, -0.1) is 10.2 Å². The third kappa shape index (κ3) is 5.67. The van der Waals surface area contributed by atoms with E-state index in [0.29, 0.717) is 22.7 Å². The molecule has 3 rings (SSSR count). The van der Waals surface area contributed by atoms with Crippen molar-refractivity contribution < 1.29 is 4.79 Å². The molecule has 0 fully saturated rings. The highest BCUT2D eigenvalue weighted by Crippen LogP contribution is 2.33. The smallest absolute Gasteiger partial charge is 0.258 e. The number of carbonyl (C=O) groups excluding carboxylic acids is 1. The van der Waals surface area contributed by atoms with E-state index in [4.69, 9.17) is 0 Å². The van der Waals surface area contributed by atoms with Crippen LogP contribution in [-0.2, 0) is 6.54 Å². The van der Waals surface area contributed by atoms with Crippen LogP contribution in [0, 0.1) is 0 Å². The maximum atomic E-state index is 13.3. The molecular weight excluding hydrogens is 406 g/mol. The van der Waals surface area contributed by atoms with Gasteiger partial charge in [0.05, 0.1) is 0 Å². The summed E-state index contributed by atoms with van der Waals surface area (Å²) in [7, 11) is 0. The van der Waals surface area contributed by atoms with E-state index >= 15 is 0 Å². The minimum absolute atomic E-state index is 0.125. The summed E-state index contributed by atoms with van der Waals surface area (Å²) in [6.45, 7) is 13.5. The van der Waals surface area contributed by atoms with Crippen molar-refractivity contribution in [3.8, 4) is 0 Å². The molecule has 0 aliphatic heterocycles. The van der Waals surface area contributed by atoms with Gasteiger partial charge in [-0.2, -0.15) is 0 Å². The number of benzene rings is 1. The Bertz CT molecular complexity index is 998. The molecule has 1 aromatic carbocycles. The SMILES string of the molecule is CC(C)c1cc(C(C)C)c(C(=O)Nc2nnc(NCc3ccncc3)s2)c(C(C)C)c1. The number of nitrogens with one attached hydrogen (secondary N) is 2. The molecule has 2 aromatic heterocycles. The molecule has 0 spiro atoms. The van der Waals surface area contributed by atoms with Crippen molar-refractivity contribution in [1.82, 2.24) is 15.2 Å². The largest absolute Gasteiger partial charge is 0.356 e. The lowest BCUT2D eigenvalue weighted by Crippen LogP contribution is -2.19. The molecule has 31 heavy (non-hydrogen) atoms. The number of carbonyl (C=O) groups is 1. The minimum atomic E-state index is -0.125. The van der Waals surface area contributed by atoms with Crippen LogP contribution in [0.25, 0.3) is 0 Å². The van der Waals surface area contributed by atoms with Gasteiger partial charge in [-0.1, -0.05) is 65.0 Å². The lowest BCUT2D eigenvalue weighted by atomic mass is 9.84. The van der Waals surface area contributed by atoms with Gasteiger partial charge in [0, 0.05) is 24.5 Å². The fraction of sp³-hybridized carbons (Fsp3) is 0.417. The summed E-state index contributed by atoms with van der Waals surface area (Å²) in [5.41, 5.74) is 5.28. The molecule has 164 valence electrons. The maximum absolute atomic E-state index is 13.3. The van der Waals surface area contributed by atoms with Crippen molar-refractivity contribution in [2.24, 2.45) is 0 Å². The lowest BCUT2D eigenvalue weighted by molar-refractivity contribution is 0.102. The van der Waals surface area contributed by atoms with Gasteiger partial charge in [0.25, 0.3) is 5.91 Å². The van der Waals surface area contributed by atoms with Crippen LogP contribution in [0.3, 0.4) is 0 Å². The van der Waals surface area contributed by atoms with Gasteiger partial charge in [-0.3, -0.25) is 15.1 Å². The zero-order valence-electron chi connectivity index (χ0n) is 19.1. The van der Waals surface area contributed by atoms with E-state index in [1.165, 1.54) is 16.9 Å². The Kier molecular flexibility index (Phi) is 7.38. The van der Waals surface area contributed by atoms with E-state index in [9.17, 15) is 4.79 Å². The normalized spacial score (nSPS) is 11.4. The molecule has 0 radical (unpaired) electrons. The van der Waals surface area contributed by atoms with E-state index in [0.717, 1.165) is 22.3 Å². The van der Waals surface area contributed by atoms with Gasteiger partial charge < -0.3 is 5.32 Å². The fourth-order valence-corrected chi connectivity index (χ4v) is 4.04. The van der Waals surface area contributed by atoms with E-state index < -0.39 is 0 Å². The van der Waals surface area contributed by atoms with E-state index in [-0.39, 0.29) is 17.7 Å². The number of hydrogen-bond acceptors (Lipinski definition) is 6. The number of rotatable bonds is 8. The zero-order valence-corrected chi connectivity index (χ0v) is 19.9. The molecular formula is C24H31N5OS. The summed E-state index contributed by atoms with van der Waals surface area (Å²) in [6.07, 6.45) is 3.51. The van der Waals surface area contributed by atoms with Gasteiger partial charge in [0.2, 0.25) is 10.3 Å². The number of nitrogens with zero attached hydrogens (tertiary/aromatic N) is 3. The highest BCUT2D eigenvalue weighted by atomic mass is 32.1. The molecule has 0 aliphatic carbocycles. The van der Waals surface area contributed by atoms with Crippen LogP contribution >= 0.6 is 11.3 Å². The predicted octanol–water partition coefficient (Wildman–Crippen LogP) is 6.17. The lowest BCUT2D eigenvalue weighted by Gasteiger charge is -2.22. The van der Waals surface area contributed by atoms with E-state index in [2.05, 4.69) is 79.5 Å². The van der Waals surface area contributed by atoms with E-state index in [1.807, 2.05) is 12.1 Å². The Morgan fingerprint density at radius 3 is 2.03 bits per heavy atom. The average Bonchev–Trinajstić information content (AvgIpc) is 3.19. The van der Waals surface area contributed by atoms with Crippen LogP contribution in [0.2, 0.25) is 0 Å². The molecule has 6 nitrogen and oxygen atoms in total. The second kappa shape index (κ2) is 10.0. The highest BCUT2D eigenvalue weighted by molar-refractivity contribution is 7.19. The quantitative estimate of drug-likeness (QED) is 0.441. The molecule has 0 bridgehead atoms. The van der Waals surface area contributed by atoms with Crippen LogP contribution in [-0.4, -0.2) is 21.1 Å². The Hall–Kier alpha value is -2.80. The number of amides is 1. The van der Waals surface area contributed by atoms with Crippen molar-refractivity contribution in [2.45, 2.75) is 65.8 Å². The second-order valence-electron chi connectivity index (χ2n) is 8.61. The third-order valence-corrected chi connectivity index (χ3v) is 5.99. The predicted molar refractivity (Wildman–Crippen MR) is 128 cm³/mol. The molecule has 0 saturated heterocycles. The van der Waals surface area contributed by atoms with Crippen molar-refractivity contribution in [1.29, 1.82) is 0 Å². The molecule has 7 heteroatoms. The number of anilines is 2. The van der Waals surface area contributed by atoms with Crippen molar-refractivity contribution in [2.75, 3.05) is 10.6 Å². The molecule has 3 aromatic rings. The fourth-order valence-electron chi connectivity index (χ4n) is 3.40. The standard InChI is InChI=1S/C24H31N5OS/c1-14(2)18-11-19(15(3)4)21(20(12-18)16(5)6)22(30)27-24-29-28-23(31-24)26-13-17-7-9-25-10-8-17/h7-12,14-16H,13H2,1-6H3,(H,26,28)(H,27,29,30). The first-order valence-electron chi connectivity index (χ1n) is 10.7. The van der Waals surface area contributed by atoms with Crippen LogP contribution in [0.1, 0.15) is 91.9 Å². The number of aromatic nitrogens is 3. The van der Waals surface area contributed by atoms with Gasteiger partial charge >= 0.3 is 0 Å². The summed E-state index contributed by atoms with van der Waals surface area (Å²) in [5, 5.41) is 15.7. The summed E-state index contributed by atoms with van der Waals surface area (Å²) >= 11 is 1.33. The van der Waals surface area contributed by atoms with Crippen molar-refractivity contribution >= 4 is 27.5 Å². The molecule has 1 amide bonds. The van der Waals surface area contributed by atoms with Gasteiger partial charge in [-0.25, -0.2) is 0 Å². The Morgan fingerprint density at radius 2 is 1.48 bits per heavy atom. The monoisotopic (exact) mass is 437 g/mol. The molecule has 2 heterocycles. The molecule has 0 atom stereocenters. The summed E-state index contributed by atoms with van der Waals surface area (Å²) in [6, 6.07) is 8.24. The maximum Gasteiger partial charge on any atom is 0.258 e. The number of pyridine rings is 1. The Balaban J connectivity index is 1.82. The summed E-state index contributed by atoms with van der Waals surface area (Å²) < 4.78 is 0. The molecule has 0 aliphatic rings. The van der Waals surface area contributed by atoms with Gasteiger partial charge in [0.15, 0.2) is 0 Å². The topological polar surface area (TPSA) is 79.8 Å². The Labute approximate surface area is 188 Å². The average molecular weight is 438 g/mol. The van der Waals surface area contributed by atoms with E-state index in [1.54, 1.807) is 12.4 Å². The van der Waals surface area contributed by atoms with Crippen LogP contribution in [0.5, 0.6) is 0 Å². The van der Waals surface area contributed by atoms with Crippen LogP contribution in [0.15, 0.2) is 36.7 Å². The first-order chi connectivity index (χ1) is 14.8. The molecule has 2 N–H and O–H groups in total.